The molecular weight excluding hydrogens is 359 g/mol. The van der Waals surface area contributed by atoms with Crippen LogP contribution >= 0.6 is 0 Å². The van der Waals surface area contributed by atoms with Gasteiger partial charge in [-0.2, -0.15) is 0 Å². The Hall–Kier alpha value is -3.68. The lowest BCUT2D eigenvalue weighted by molar-refractivity contribution is 0.102. The molecule has 0 aliphatic heterocycles. The van der Waals surface area contributed by atoms with Gasteiger partial charge in [0.15, 0.2) is 11.6 Å². The van der Waals surface area contributed by atoms with E-state index in [0.717, 1.165) is 12.1 Å². The number of carbonyl (C=O) groups is 2. The zero-order valence-corrected chi connectivity index (χ0v) is 13.7. The predicted octanol–water partition coefficient (Wildman–Crippen LogP) is 4.00. The number of halogens is 3. The summed E-state index contributed by atoms with van der Waals surface area (Å²) >= 11 is 0. The summed E-state index contributed by atoms with van der Waals surface area (Å²) in [4.78, 5) is 28.3. The average Bonchev–Trinajstić information content (AvgIpc) is 2.66. The average molecular weight is 371 g/mol. The zero-order chi connectivity index (χ0) is 19.4. The van der Waals surface area contributed by atoms with Crippen molar-refractivity contribution in [1.82, 2.24) is 4.98 Å². The zero-order valence-electron chi connectivity index (χ0n) is 13.7. The minimum absolute atomic E-state index is 0.0434. The molecule has 0 unspecified atom stereocenters. The van der Waals surface area contributed by atoms with Crippen LogP contribution in [0.1, 0.15) is 20.8 Å². The van der Waals surface area contributed by atoms with E-state index < -0.39 is 29.3 Å². The minimum Gasteiger partial charge on any atom is -0.322 e. The van der Waals surface area contributed by atoms with Crippen molar-refractivity contribution in [1.29, 1.82) is 0 Å². The number of amides is 2. The largest absolute Gasteiger partial charge is 0.322 e. The van der Waals surface area contributed by atoms with Crippen molar-refractivity contribution in [3.63, 3.8) is 0 Å². The predicted molar refractivity (Wildman–Crippen MR) is 92.9 cm³/mol. The molecule has 0 aliphatic carbocycles. The molecule has 2 amide bonds. The molecule has 2 N–H and O–H groups in total. The first-order valence-electron chi connectivity index (χ1n) is 7.72. The minimum atomic E-state index is -1.10. The molecule has 8 heteroatoms. The highest BCUT2D eigenvalue weighted by atomic mass is 19.2. The fourth-order valence-electron chi connectivity index (χ4n) is 2.20. The second kappa shape index (κ2) is 7.69. The highest BCUT2D eigenvalue weighted by Crippen LogP contribution is 2.15. The number of anilines is 2. The van der Waals surface area contributed by atoms with Gasteiger partial charge in [-0.15, -0.1) is 0 Å². The van der Waals surface area contributed by atoms with Gasteiger partial charge in [0.05, 0.1) is 0 Å². The molecule has 0 radical (unpaired) electrons. The van der Waals surface area contributed by atoms with Crippen molar-refractivity contribution in [3.8, 4) is 0 Å². The van der Waals surface area contributed by atoms with Gasteiger partial charge in [-0.25, -0.2) is 13.2 Å². The highest BCUT2D eigenvalue weighted by molar-refractivity contribution is 6.07. The van der Waals surface area contributed by atoms with Crippen molar-refractivity contribution in [2.24, 2.45) is 0 Å². The molecule has 1 heterocycles. The SMILES string of the molecule is O=C(Nc1ccc(F)cc1)c1ccnc(C(=O)Nc2ccc(F)c(F)c2)c1. The van der Waals surface area contributed by atoms with E-state index in [-0.39, 0.29) is 16.9 Å². The summed E-state index contributed by atoms with van der Waals surface area (Å²) in [5.41, 5.74) is 0.476. The van der Waals surface area contributed by atoms with Gasteiger partial charge in [0.25, 0.3) is 11.8 Å². The molecule has 5 nitrogen and oxygen atoms in total. The third-order valence-electron chi connectivity index (χ3n) is 3.53. The lowest BCUT2D eigenvalue weighted by atomic mass is 10.2. The summed E-state index contributed by atoms with van der Waals surface area (Å²) in [5, 5.41) is 4.93. The molecule has 0 fully saturated rings. The van der Waals surface area contributed by atoms with Crippen LogP contribution in [0.3, 0.4) is 0 Å². The van der Waals surface area contributed by atoms with E-state index in [9.17, 15) is 22.8 Å². The first kappa shape index (κ1) is 18.1. The molecule has 27 heavy (non-hydrogen) atoms. The van der Waals surface area contributed by atoms with Crippen LogP contribution in [0.4, 0.5) is 24.5 Å². The summed E-state index contributed by atoms with van der Waals surface area (Å²) < 4.78 is 39.1. The third kappa shape index (κ3) is 4.49. The molecule has 3 rings (SSSR count). The van der Waals surface area contributed by atoms with E-state index in [1.165, 1.54) is 48.7 Å². The third-order valence-corrected chi connectivity index (χ3v) is 3.53. The number of rotatable bonds is 4. The molecule has 3 aromatic rings. The van der Waals surface area contributed by atoms with Gasteiger partial charge < -0.3 is 10.6 Å². The maximum absolute atomic E-state index is 13.2. The van der Waals surface area contributed by atoms with Gasteiger partial charge in [0.2, 0.25) is 0 Å². The fraction of sp³-hybridized carbons (Fsp3) is 0. The monoisotopic (exact) mass is 371 g/mol. The Bertz CT molecular complexity index is 1010. The number of nitrogens with one attached hydrogen (secondary N) is 2. The standard InChI is InChI=1S/C19H12F3N3O2/c20-12-1-3-13(4-2-12)24-18(26)11-7-8-23-17(9-11)19(27)25-14-5-6-15(21)16(22)10-14/h1-10H,(H,24,26)(H,25,27). The van der Waals surface area contributed by atoms with Gasteiger partial charge in [0.1, 0.15) is 11.5 Å². The second-order valence-corrected chi connectivity index (χ2v) is 5.47. The summed E-state index contributed by atoms with van der Waals surface area (Å²) in [5.74, 6) is -3.80. The van der Waals surface area contributed by atoms with Crippen LogP contribution in [0.25, 0.3) is 0 Å². The van der Waals surface area contributed by atoms with Crippen molar-refractivity contribution in [2.75, 3.05) is 10.6 Å². The number of benzene rings is 2. The Balaban J connectivity index is 1.73. The number of hydrogen-bond donors (Lipinski definition) is 2. The van der Waals surface area contributed by atoms with E-state index in [2.05, 4.69) is 15.6 Å². The van der Waals surface area contributed by atoms with E-state index in [1.54, 1.807) is 0 Å². The maximum atomic E-state index is 13.2. The van der Waals surface area contributed by atoms with Gasteiger partial charge in [-0.3, -0.25) is 14.6 Å². The van der Waals surface area contributed by atoms with Crippen LogP contribution in [0.5, 0.6) is 0 Å². The molecule has 0 atom stereocenters. The number of carbonyl (C=O) groups excluding carboxylic acids is 2. The van der Waals surface area contributed by atoms with Gasteiger partial charge in [-0.05, 0) is 48.5 Å². The molecule has 0 saturated heterocycles. The van der Waals surface area contributed by atoms with E-state index in [0.29, 0.717) is 5.69 Å². The molecule has 2 aromatic carbocycles. The molecule has 1 aromatic heterocycles. The molecule has 136 valence electrons. The van der Waals surface area contributed by atoms with E-state index in [1.807, 2.05) is 0 Å². The Kier molecular flexibility index (Phi) is 5.16. The maximum Gasteiger partial charge on any atom is 0.274 e. The van der Waals surface area contributed by atoms with Crippen LogP contribution in [-0.4, -0.2) is 16.8 Å². The normalized spacial score (nSPS) is 10.3. The molecular formula is C19H12F3N3O2. The van der Waals surface area contributed by atoms with Crippen LogP contribution in [0.15, 0.2) is 60.8 Å². The topological polar surface area (TPSA) is 71.1 Å². The van der Waals surface area contributed by atoms with Crippen LogP contribution in [-0.2, 0) is 0 Å². The first-order valence-corrected chi connectivity index (χ1v) is 7.72. The van der Waals surface area contributed by atoms with Gasteiger partial charge in [-0.1, -0.05) is 0 Å². The number of nitrogens with zero attached hydrogens (tertiary/aromatic N) is 1. The quantitative estimate of drug-likeness (QED) is 0.728. The second-order valence-electron chi connectivity index (χ2n) is 5.47. The Labute approximate surface area is 151 Å². The smallest absolute Gasteiger partial charge is 0.274 e. The Morgan fingerprint density at radius 2 is 1.41 bits per heavy atom. The fourth-order valence-corrected chi connectivity index (χ4v) is 2.20. The van der Waals surface area contributed by atoms with Crippen LogP contribution in [0, 0.1) is 17.5 Å². The lowest BCUT2D eigenvalue weighted by Crippen LogP contribution is -2.17. The van der Waals surface area contributed by atoms with Gasteiger partial charge in [0, 0.05) is 29.2 Å². The molecule has 0 spiro atoms. The molecule has 0 aliphatic rings. The number of aromatic nitrogens is 1. The van der Waals surface area contributed by atoms with Crippen LogP contribution in [0.2, 0.25) is 0 Å². The summed E-state index contributed by atoms with van der Waals surface area (Å²) in [6.45, 7) is 0. The highest BCUT2D eigenvalue weighted by Gasteiger charge is 2.13. The van der Waals surface area contributed by atoms with Crippen molar-refractivity contribution in [2.45, 2.75) is 0 Å². The first-order chi connectivity index (χ1) is 12.9. The lowest BCUT2D eigenvalue weighted by Gasteiger charge is -2.08. The Morgan fingerprint density at radius 3 is 2.11 bits per heavy atom. The van der Waals surface area contributed by atoms with Crippen molar-refractivity contribution < 1.29 is 22.8 Å². The van der Waals surface area contributed by atoms with E-state index in [4.69, 9.17) is 0 Å². The summed E-state index contributed by atoms with van der Waals surface area (Å²) in [6.07, 6.45) is 1.26. The van der Waals surface area contributed by atoms with Crippen molar-refractivity contribution in [3.05, 3.63) is 89.5 Å². The Morgan fingerprint density at radius 1 is 0.741 bits per heavy atom. The summed E-state index contributed by atoms with van der Waals surface area (Å²) in [7, 11) is 0. The van der Waals surface area contributed by atoms with Crippen molar-refractivity contribution >= 4 is 23.2 Å². The number of pyridine rings is 1. The molecule has 0 saturated carbocycles. The summed E-state index contributed by atoms with van der Waals surface area (Å²) in [6, 6.07) is 10.7. The van der Waals surface area contributed by atoms with Gasteiger partial charge >= 0.3 is 0 Å². The van der Waals surface area contributed by atoms with E-state index >= 15 is 0 Å². The number of hydrogen-bond acceptors (Lipinski definition) is 3. The molecule has 0 bridgehead atoms. The van der Waals surface area contributed by atoms with Crippen LogP contribution < -0.4 is 10.6 Å².